The van der Waals surface area contributed by atoms with Crippen molar-refractivity contribution in [3.8, 4) is 0 Å². The summed E-state index contributed by atoms with van der Waals surface area (Å²) in [6, 6.07) is 7.50. The quantitative estimate of drug-likeness (QED) is 0.666. The van der Waals surface area contributed by atoms with Crippen LogP contribution in [-0.4, -0.2) is 62.8 Å². The molecule has 154 valence electrons. The number of fused-ring (bicyclic) bond motifs is 3. The maximum Gasteiger partial charge on any atom is 0.291 e. The molecule has 1 aliphatic heterocycles. The van der Waals surface area contributed by atoms with Crippen molar-refractivity contribution in [3.63, 3.8) is 0 Å². The Morgan fingerprint density at radius 1 is 1.10 bits per heavy atom. The predicted octanol–water partition coefficient (Wildman–Crippen LogP) is 2.39. The van der Waals surface area contributed by atoms with E-state index in [9.17, 15) is 9.59 Å². The Morgan fingerprint density at radius 3 is 2.52 bits per heavy atom. The molecule has 29 heavy (non-hydrogen) atoms. The van der Waals surface area contributed by atoms with Gasteiger partial charge < -0.3 is 9.47 Å². The number of carbonyl (C=O) groups is 1. The molecule has 0 N–H and O–H groups in total. The molecule has 1 fully saturated rings. The van der Waals surface area contributed by atoms with Crippen LogP contribution in [0.5, 0.6) is 0 Å². The second kappa shape index (κ2) is 7.99. The van der Waals surface area contributed by atoms with Crippen LogP contribution in [0, 0.1) is 0 Å². The number of benzene rings is 1. The molecule has 7 heteroatoms. The van der Waals surface area contributed by atoms with Gasteiger partial charge in [0.05, 0.1) is 11.7 Å². The van der Waals surface area contributed by atoms with Crippen molar-refractivity contribution in [2.24, 2.45) is 7.05 Å². The summed E-state index contributed by atoms with van der Waals surface area (Å²) in [5.41, 5.74) is 1.31. The molecule has 3 aromatic rings. The Bertz CT molecular complexity index is 1090. The first kappa shape index (κ1) is 19.6. The minimum absolute atomic E-state index is 0.102. The third-order valence-electron chi connectivity index (χ3n) is 6.01. The average molecular weight is 396 g/mol. The smallest absolute Gasteiger partial charge is 0.291 e. The molecular weight excluding hydrogens is 366 g/mol. The first-order valence-corrected chi connectivity index (χ1v) is 10.5. The first-order valence-electron chi connectivity index (χ1n) is 10.5. The molecule has 1 aliphatic rings. The number of nitrogens with zero attached hydrogens (tertiary/aromatic N) is 5. The van der Waals surface area contributed by atoms with Crippen molar-refractivity contribution in [3.05, 3.63) is 40.8 Å². The van der Waals surface area contributed by atoms with Gasteiger partial charge in [0.2, 0.25) is 5.91 Å². The van der Waals surface area contributed by atoms with Crippen LogP contribution >= 0.6 is 0 Å². The summed E-state index contributed by atoms with van der Waals surface area (Å²) in [4.78, 5) is 30.9. The van der Waals surface area contributed by atoms with E-state index in [0.717, 1.165) is 55.4 Å². The lowest BCUT2D eigenvalue weighted by Gasteiger charge is -2.36. The van der Waals surface area contributed by atoms with Gasteiger partial charge >= 0.3 is 0 Å². The van der Waals surface area contributed by atoms with Crippen LogP contribution in [-0.2, 0) is 11.8 Å². The fraction of sp³-hybridized carbons (Fsp3) is 0.500. The van der Waals surface area contributed by atoms with Crippen molar-refractivity contribution in [2.75, 3.05) is 32.7 Å². The molecule has 1 aromatic carbocycles. The molecule has 0 radical (unpaired) electrons. The minimum Gasteiger partial charge on any atom is -0.338 e. The van der Waals surface area contributed by atoms with E-state index in [1.54, 1.807) is 13.2 Å². The van der Waals surface area contributed by atoms with Crippen LogP contribution in [0.3, 0.4) is 0 Å². The van der Waals surface area contributed by atoms with Gasteiger partial charge in [-0.2, -0.15) is 5.10 Å². The summed E-state index contributed by atoms with van der Waals surface area (Å²) in [6.07, 6.45) is 3.49. The Morgan fingerprint density at radius 2 is 1.83 bits per heavy atom. The highest BCUT2D eigenvalue weighted by Gasteiger charge is 2.30. The van der Waals surface area contributed by atoms with E-state index in [1.807, 2.05) is 40.7 Å². The fourth-order valence-corrected chi connectivity index (χ4v) is 4.50. The van der Waals surface area contributed by atoms with Crippen molar-refractivity contribution < 1.29 is 4.79 Å². The summed E-state index contributed by atoms with van der Waals surface area (Å²) in [6.45, 7) is 8.58. The normalized spacial score (nSPS) is 16.6. The van der Waals surface area contributed by atoms with Gasteiger partial charge in [-0.25, -0.2) is 4.68 Å². The summed E-state index contributed by atoms with van der Waals surface area (Å²) >= 11 is 0. The molecule has 2 aromatic heterocycles. The number of aryl methyl sites for hydroxylation is 1. The summed E-state index contributed by atoms with van der Waals surface area (Å²) in [5, 5.41) is 5.98. The van der Waals surface area contributed by atoms with Crippen LogP contribution in [0.2, 0.25) is 0 Å². The number of para-hydroxylation sites is 1. The van der Waals surface area contributed by atoms with Gasteiger partial charge in [-0.15, -0.1) is 0 Å². The average Bonchev–Trinajstić information content (AvgIpc) is 3.07. The molecule has 4 rings (SSSR count). The number of hydrogen-bond acceptors (Lipinski definition) is 4. The lowest BCUT2D eigenvalue weighted by molar-refractivity contribution is -0.136. The van der Waals surface area contributed by atoms with Crippen LogP contribution in [0.4, 0.5) is 0 Å². The maximum absolute atomic E-state index is 13.5. The van der Waals surface area contributed by atoms with Gasteiger partial charge in [-0.05, 0) is 25.5 Å². The molecule has 1 saturated heterocycles. The van der Waals surface area contributed by atoms with Crippen LogP contribution in [0.1, 0.15) is 32.7 Å². The number of amides is 1. The third kappa shape index (κ3) is 3.33. The summed E-state index contributed by atoms with van der Waals surface area (Å²) < 4.78 is 3.30. The molecule has 0 spiro atoms. The zero-order valence-electron chi connectivity index (χ0n) is 17.5. The van der Waals surface area contributed by atoms with Crippen LogP contribution in [0.15, 0.2) is 35.3 Å². The predicted molar refractivity (Wildman–Crippen MR) is 115 cm³/mol. The van der Waals surface area contributed by atoms with Gasteiger partial charge in [-0.3, -0.25) is 14.5 Å². The Labute approximate surface area is 170 Å². The minimum atomic E-state index is -0.398. The van der Waals surface area contributed by atoms with Crippen molar-refractivity contribution in [1.82, 2.24) is 24.1 Å². The van der Waals surface area contributed by atoms with E-state index in [4.69, 9.17) is 0 Å². The lowest BCUT2D eigenvalue weighted by atomic mass is 10.1. The van der Waals surface area contributed by atoms with Crippen LogP contribution in [0.25, 0.3) is 21.8 Å². The largest absolute Gasteiger partial charge is 0.338 e. The lowest BCUT2D eigenvalue weighted by Crippen LogP contribution is -2.50. The molecule has 1 amide bonds. The molecule has 0 saturated carbocycles. The van der Waals surface area contributed by atoms with E-state index < -0.39 is 6.04 Å². The second-order valence-corrected chi connectivity index (χ2v) is 7.81. The zero-order chi connectivity index (χ0) is 20.5. The number of aromatic nitrogens is 3. The zero-order valence-corrected chi connectivity index (χ0v) is 17.5. The summed E-state index contributed by atoms with van der Waals surface area (Å²) in [7, 11) is 1.65. The van der Waals surface area contributed by atoms with E-state index in [2.05, 4.69) is 16.9 Å². The standard InChI is InChI=1S/C22H29N5O2/c1-4-10-25-11-13-26(14-12-25)21(28)18(5-2)27-19-9-7-6-8-16(19)17-15-23-24(3)22(29)20(17)27/h6-9,15,18H,4-5,10-14H2,1-3H3/t18-/m1/s1. The molecule has 3 heterocycles. The Kier molecular flexibility index (Phi) is 5.41. The van der Waals surface area contributed by atoms with Gasteiger partial charge in [0.25, 0.3) is 5.56 Å². The van der Waals surface area contributed by atoms with Gasteiger partial charge in [-0.1, -0.05) is 32.0 Å². The van der Waals surface area contributed by atoms with Crippen molar-refractivity contribution >= 4 is 27.7 Å². The van der Waals surface area contributed by atoms with E-state index in [0.29, 0.717) is 11.9 Å². The van der Waals surface area contributed by atoms with E-state index in [-0.39, 0.29) is 11.5 Å². The fourth-order valence-electron chi connectivity index (χ4n) is 4.50. The van der Waals surface area contributed by atoms with Crippen molar-refractivity contribution in [2.45, 2.75) is 32.7 Å². The highest BCUT2D eigenvalue weighted by Crippen LogP contribution is 2.31. The van der Waals surface area contributed by atoms with E-state index in [1.165, 1.54) is 4.68 Å². The molecule has 0 bridgehead atoms. The van der Waals surface area contributed by atoms with E-state index >= 15 is 0 Å². The number of piperazine rings is 1. The SMILES string of the molecule is CCCN1CCN(C(=O)[C@@H](CC)n2c3ccccc3c3cnn(C)c(=O)c32)CC1. The van der Waals surface area contributed by atoms with Crippen LogP contribution < -0.4 is 5.56 Å². The highest BCUT2D eigenvalue weighted by molar-refractivity contribution is 6.08. The van der Waals surface area contributed by atoms with Gasteiger partial charge in [0, 0.05) is 44.0 Å². The Balaban J connectivity index is 1.78. The molecule has 7 nitrogen and oxygen atoms in total. The first-order chi connectivity index (χ1) is 14.1. The Hall–Kier alpha value is -2.67. The number of carbonyl (C=O) groups excluding carboxylic acids is 1. The number of rotatable bonds is 5. The van der Waals surface area contributed by atoms with Gasteiger partial charge in [0.15, 0.2) is 0 Å². The highest BCUT2D eigenvalue weighted by atomic mass is 16.2. The van der Waals surface area contributed by atoms with Crippen molar-refractivity contribution in [1.29, 1.82) is 0 Å². The molecular formula is C22H29N5O2. The summed E-state index contributed by atoms with van der Waals surface area (Å²) in [5.74, 6) is 0.102. The molecule has 0 unspecified atom stereocenters. The second-order valence-electron chi connectivity index (χ2n) is 7.81. The van der Waals surface area contributed by atoms with Gasteiger partial charge in [0.1, 0.15) is 11.6 Å². The topological polar surface area (TPSA) is 63.4 Å². The maximum atomic E-state index is 13.5. The third-order valence-corrected chi connectivity index (χ3v) is 6.01. The molecule has 1 atom stereocenters. The number of hydrogen-bond donors (Lipinski definition) is 0. The molecule has 0 aliphatic carbocycles. The monoisotopic (exact) mass is 395 g/mol.